The van der Waals surface area contributed by atoms with Crippen LogP contribution in [0, 0.1) is 0 Å². The van der Waals surface area contributed by atoms with Crippen LogP contribution in [-0.4, -0.2) is 11.0 Å². The van der Waals surface area contributed by atoms with E-state index in [0.717, 1.165) is 29.1 Å². The summed E-state index contributed by atoms with van der Waals surface area (Å²) in [5.74, 6) is 5.60. The minimum absolute atomic E-state index is 0.125. The van der Waals surface area contributed by atoms with Gasteiger partial charge >= 0.3 is 0 Å². The lowest BCUT2D eigenvalue weighted by atomic mass is 10.0. The zero-order valence-corrected chi connectivity index (χ0v) is 10.8. The Labute approximate surface area is 112 Å². The van der Waals surface area contributed by atoms with Crippen LogP contribution in [0.3, 0.4) is 0 Å². The van der Waals surface area contributed by atoms with E-state index in [2.05, 4.69) is 10.4 Å². The van der Waals surface area contributed by atoms with Gasteiger partial charge in [0.2, 0.25) is 0 Å². The molecule has 1 unspecified atom stereocenters. The molecule has 1 atom stereocenters. The maximum Gasteiger partial charge on any atom is 0.0438 e. The molecule has 18 heavy (non-hydrogen) atoms. The molecule has 2 rings (SSSR count). The maximum absolute atomic E-state index is 6.14. The first-order chi connectivity index (χ1) is 8.79. The number of hydrogen-bond acceptors (Lipinski definition) is 3. The largest absolute Gasteiger partial charge is 0.271 e. The SMILES string of the molecule is NNC(Cc1ccccn1)Cc1ccccc1Cl. The molecule has 0 spiro atoms. The second-order valence-corrected chi connectivity index (χ2v) is 4.59. The fourth-order valence-electron chi connectivity index (χ4n) is 1.89. The second kappa shape index (κ2) is 6.50. The third-order valence-electron chi connectivity index (χ3n) is 2.84. The molecule has 0 saturated heterocycles. The van der Waals surface area contributed by atoms with Crippen LogP contribution in [0.1, 0.15) is 11.3 Å². The first kappa shape index (κ1) is 13.0. The lowest BCUT2D eigenvalue weighted by Crippen LogP contribution is -2.38. The van der Waals surface area contributed by atoms with Crippen molar-refractivity contribution in [2.45, 2.75) is 18.9 Å². The van der Waals surface area contributed by atoms with E-state index in [1.165, 1.54) is 0 Å². The summed E-state index contributed by atoms with van der Waals surface area (Å²) in [6.45, 7) is 0. The third-order valence-corrected chi connectivity index (χ3v) is 3.21. The Bertz CT molecular complexity index is 487. The zero-order chi connectivity index (χ0) is 12.8. The molecule has 1 aromatic carbocycles. The molecule has 94 valence electrons. The Balaban J connectivity index is 2.04. The zero-order valence-electron chi connectivity index (χ0n) is 10.0. The smallest absolute Gasteiger partial charge is 0.0438 e. The van der Waals surface area contributed by atoms with Crippen molar-refractivity contribution in [1.29, 1.82) is 0 Å². The molecule has 0 aliphatic rings. The molecule has 1 heterocycles. The molecule has 0 amide bonds. The summed E-state index contributed by atoms with van der Waals surface area (Å²) in [4.78, 5) is 4.30. The number of nitrogens with one attached hydrogen (secondary N) is 1. The molecule has 4 heteroatoms. The summed E-state index contributed by atoms with van der Waals surface area (Å²) in [5, 5.41) is 0.777. The van der Waals surface area contributed by atoms with Gasteiger partial charge in [-0.25, -0.2) is 0 Å². The van der Waals surface area contributed by atoms with Gasteiger partial charge in [-0.05, 0) is 30.2 Å². The van der Waals surface area contributed by atoms with E-state index in [1.807, 2.05) is 42.5 Å². The number of hydrazine groups is 1. The van der Waals surface area contributed by atoms with Crippen molar-refractivity contribution in [2.75, 3.05) is 0 Å². The van der Waals surface area contributed by atoms with Gasteiger partial charge in [0, 0.05) is 29.4 Å². The van der Waals surface area contributed by atoms with Crippen LogP contribution in [0.5, 0.6) is 0 Å². The maximum atomic E-state index is 6.14. The van der Waals surface area contributed by atoms with Crippen molar-refractivity contribution in [3.8, 4) is 0 Å². The van der Waals surface area contributed by atoms with Crippen molar-refractivity contribution in [3.05, 3.63) is 64.9 Å². The summed E-state index contributed by atoms with van der Waals surface area (Å²) in [6.07, 6.45) is 3.35. The average Bonchev–Trinajstić information content (AvgIpc) is 2.41. The van der Waals surface area contributed by atoms with Gasteiger partial charge in [0.25, 0.3) is 0 Å². The third kappa shape index (κ3) is 3.53. The predicted octanol–water partition coefficient (Wildman–Crippen LogP) is 2.35. The van der Waals surface area contributed by atoms with Gasteiger partial charge in [-0.2, -0.15) is 0 Å². The van der Waals surface area contributed by atoms with Crippen LogP contribution in [-0.2, 0) is 12.8 Å². The average molecular weight is 262 g/mol. The summed E-state index contributed by atoms with van der Waals surface area (Å²) in [5.41, 5.74) is 4.94. The molecule has 0 aliphatic carbocycles. The van der Waals surface area contributed by atoms with E-state index in [-0.39, 0.29) is 6.04 Å². The predicted molar refractivity (Wildman–Crippen MR) is 74.2 cm³/mol. The monoisotopic (exact) mass is 261 g/mol. The molecule has 2 aromatic rings. The number of halogens is 1. The first-order valence-corrected chi connectivity index (χ1v) is 6.27. The van der Waals surface area contributed by atoms with Gasteiger partial charge in [-0.3, -0.25) is 16.3 Å². The fourth-order valence-corrected chi connectivity index (χ4v) is 2.10. The number of benzene rings is 1. The molecule has 0 radical (unpaired) electrons. The molecule has 0 aliphatic heterocycles. The van der Waals surface area contributed by atoms with Crippen LogP contribution in [0.4, 0.5) is 0 Å². The lowest BCUT2D eigenvalue weighted by Gasteiger charge is -2.16. The number of pyridine rings is 1. The molecule has 3 N–H and O–H groups in total. The minimum Gasteiger partial charge on any atom is -0.271 e. The number of hydrogen-bond donors (Lipinski definition) is 2. The highest BCUT2D eigenvalue weighted by Crippen LogP contribution is 2.17. The van der Waals surface area contributed by atoms with Crippen molar-refractivity contribution in [2.24, 2.45) is 5.84 Å². The number of nitrogens with zero attached hydrogens (tertiary/aromatic N) is 1. The highest BCUT2D eigenvalue weighted by atomic mass is 35.5. The molecule has 0 fully saturated rings. The number of rotatable bonds is 5. The first-order valence-electron chi connectivity index (χ1n) is 5.89. The fraction of sp³-hybridized carbons (Fsp3) is 0.214. The van der Waals surface area contributed by atoms with Crippen molar-refractivity contribution in [3.63, 3.8) is 0 Å². The van der Waals surface area contributed by atoms with Gasteiger partial charge in [0.15, 0.2) is 0 Å². The molecular formula is C14H16ClN3. The Morgan fingerprint density at radius 2 is 1.89 bits per heavy atom. The number of nitrogens with two attached hydrogens (primary N) is 1. The normalized spacial score (nSPS) is 12.3. The van der Waals surface area contributed by atoms with Gasteiger partial charge < -0.3 is 0 Å². The summed E-state index contributed by atoms with van der Waals surface area (Å²) in [7, 11) is 0. The van der Waals surface area contributed by atoms with E-state index < -0.39 is 0 Å². The van der Waals surface area contributed by atoms with Crippen molar-refractivity contribution < 1.29 is 0 Å². The Hall–Kier alpha value is -1.42. The van der Waals surface area contributed by atoms with Crippen LogP contribution in [0.15, 0.2) is 48.7 Å². The van der Waals surface area contributed by atoms with Crippen molar-refractivity contribution in [1.82, 2.24) is 10.4 Å². The number of aromatic nitrogens is 1. The summed E-state index contributed by atoms with van der Waals surface area (Å²) < 4.78 is 0. The molecule has 3 nitrogen and oxygen atoms in total. The van der Waals surface area contributed by atoms with Gasteiger partial charge in [0.1, 0.15) is 0 Å². The topological polar surface area (TPSA) is 50.9 Å². The van der Waals surface area contributed by atoms with Gasteiger partial charge in [0.05, 0.1) is 0 Å². The summed E-state index contributed by atoms with van der Waals surface area (Å²) >= 11 is 6.14. The van der Waals surface area contributed by atoms with Crippen LogP contribution >= 0.6 is 11.6 Å². The van der Waals surface area contributed by atoms with Gasteiger partial charge in [-0.1, -0.05) is 35.9 Å². The van der Waals surface area contributed by atoms with E-state index in [1.54, 1.807) is 6.20 Å². The van der Waals surface area contributed by atoms with Crippen LogP contribution in [0.25, 0.3) is 0 Å². The summed E-state index contributed by atoms with van der Waals surface area (Å²) in [6, 6.07) is 13.8. The van der Waals surface area contributed by atoms with E-state index >= 15 is 0 Å². The Morgan fingerprint density at radius 1 is 1.11 bits per heavy atom. The van der Waals surface area contributed by atoms with E-state index in [4.69, 9.17) is 17.4 Å². The Morgan fingerprint density at radius 3 is 2.56 bits per heavy atom. The highest BCUT2D eigenvalue weighted by molar-refractivity contribution is 6.31. The standard InChI is InChI=1S/C14H16ClN3/c15-14-7-2-1-5-11(14)9-13(18-16)10-12-6-3-4-8-17-12/h1-8,13,18H,9-10,16H2. The van der Waals surface area contributed by atoms with Crippen LogP contribution < -0.4 is 11.3 Å². The van der Waals surface area contributed by atoms with E-state index in [0.29, 0.717) is 0 Å². The van der Waals surface area contributed by atoms with Crippen molar-refractivity contribution >= 4 is 11.6 Å². The quantitative estimate of drug-likeness (QED) is 0.642. The highest BCUT2D eigenvalue weighted by Gasteiger charge is 2.11. The van der Waals surface area contributed by atoms with Gasteiger partial charge in [-0.15, -0.1) is 0 Å². The molecule has 1 aromatic heterocycles. The van der Waals surface area contributed by atoms with E-state index in [9.17, 15) is 0 Å². The lowest BCUT2D eigenvalue weighted by molar-refractivity contribution is 0.517. The molecular weight excluding hydrogens is 246 g/mol. The Kier molecular flexibility index (Phi) is 4.70. The van der Waals surface area contributed by atoms with Crippen LogP contribution in [0.2, 0.25) is 5.02 Å². The minimum atomic E-state index is 0.125. The molecule has 0 bridgehead atoms. The molecule has 0 saturated carbocycles. The second-order valence-electron chi connectivity index (χ2n) is 4.18.